The highest BCUT2D eigenvalue weighted by molar-refractivity contribution is 7.71. The number of hydrogen-bond acceptors (Lipinski definition) is 4. The van der Waals surface area contributed by atoms with Gasteiger partial charge in [-0.3, -0.25) is 14.5 Å². The first-order chi connectivity index (χ1) is 11.5. The zero-order valence-electron chi connectivity index (χ0n) is 13.7. The minimum atomic E-state index is -0.301. The van der Waals surface area contributed by atoms with Gasteiger partial charge in [0.1, 0.15) is 6.54 Å². The Bertz CT molecular complexity index is 766. The van der Waals surface area contributed by atoms with Gasteiger partial charge in [-0.1, -0.05) is 36.2 Å². The van der Waals surface area contributed by atoms with Crippen molar-refractivity contribution >= 4 is 18.1 Å². The van der Waals surface area contributed by atoms with E-state index in [0.717, 1.165) is 30.4 Å². The number of aliphatic hydroxyl groups is 1. The van der Waals surface area contributed by atoms with E-state index in [0.29, 0.717) is 17.1 Å². The van der Waals surface area contributed by atoms with Crippen LogP contribution < -0.4 is 5.32 Å². The van der Waals surface area contributed by atoms with E-state index < -0.39 is 0 Å². The van der Waals surface area contributed by atoms with Crippen molar-refractivity contribution in [3.63, 3.8) is 0 Å². The Hall–Kier alpha value is -1.99. The summed E-state index contributed by atoms with van der Waals surface area (Å²) in [4.78, 5) is 12.3. The normalized spacial score (nSPS) is 20.2. The van der Waals surface area contributed by atoms with Crippen LogP contribution in [0, 0.1) is 17.6 Å². The molecule has 1 saturated carbocycles. The molecule has 24 heavy (non-hydrogen) atoms. The summed E-state index contributed by atoms with van der Waals surface area (Å²) in [6, 6.07) is 7.92. The largest absolute Gasteiger partial charge is 0.393 e. The van der Waals surface area contributed by atoms with Crippen LogP contribution >= 0.6 is 12.2 Å². The number of benzene rings is 1. The molecule has 3 rings (SSSR count). The van der Waals surface area contributed by atoms with Crippen molar-refractivity contribution in [2.24, 2.45) is 5.92 Å². The quantitative estimate of drug-likeness (QED) is 0.725. The van der Waals surface area contributed by atoms with E-state index in [2.05, 4.69) is 15.5 Å². The first kappa shape index (κ1) is 16.9. The maximum atomic E-state index is 12.3. The molecule has 1 aromatic carbocycles. The number of carbonyl (C=O) groups is 1. The molecule has 0 unspecified atom stereocenters. The van der Waals surface area contributed by atoms with E-state index in [1.54, 1.807) is 4.57 Å². The van der Waals surface area contributed by atoms with Gasteiger partial charge < -0.3 is 10.4 Å². The second-order valence-electron chi connectivity index (χ2n) is 6.37. The highest BCUT2D eigenvalue weighted by Gasteiger charge is 2.25. The summed E-state index contributed by atoms with van der Waals surface area (Å²) in [5.74, 6) is 0.679. The van der Waals surface area contributed by atoms with Gasteiger partial charge in [-0.15, -0.1) is 0 Å². The molecule has 128 valence electrons. The Morgan fingerprint density at radius 3 is 2.83 bits per heavy atom. The molecule has 0 bridgehead atoms. The molecule has 1 heterocycles. The zero-order chi connectivity index (χ0) is 17.1. The number of aromatic amines is 1. The fraction of sp³-hybridized carbons (Fsp3) is 0.471. The van der Waals surface area contributed by atoms with Crippen molar-refractivity contribution in [2.45, 2.75) is 38.8 Å². The number of amides is 1. The summed E-state index contributed by atoms with van der Waals surface area (Å²) in [7, 11) is 0. The molecule has 6 nitrogen and oxygen atoms in total. The third-order valence-corrected chi connectivity index (χ3v) is 4.86. The third-order valence-electron chi connectivity index (χ3n) is 4.55. The molecule has 2 atom stereocenters. The van der Waals surface area contributed by atoms with Gasteiger partial charge in [-0.2, -0.15) is 5.10 Å². The number of rotatable bonds is 5. The maximum Gasteiger partial charge on any atom is 0.240 e. The highest BCUT2D eigenvalue weighted by atomic mass is 32.1. The number of aliphatic hydroxyl groups excluding tert-OH is 1. The van der Waals surface area contributed by atoms with Crippen LogP contribution in [-0.2, 0) is 11.3 Å². The van der Waals surface area contributed by atoms with Crippen molar-refractivity contribution < 1.29 is 9.90 Å². The standard InChI is InChI=1S/C17H22N4O2S/c1-11-5-7-12(8-6-11)16-19-20-17(24)21(16)10-15(23)18-9-13-3-2-4-14(13)22/h5-8,13-14,22H,2-4,9-10H2,1H3,(H,18,23)(H,20,24)/t13-,14+/m0/s1. The van der Waals surface area contributed by atoms with E-state index in [-0.39, 0.29) is 24.5 Å². The Labute approximate surface area is 145 Å². The number of aromatic nitrogens is 3. The van der Waals surface area contributed by atoms with E-state index in [4.69, 9.17) is 12.2 Å². The molecule has 0 radical (unpaired) electrons. The predicted molar refractivity (Wildman–Crippen MR) is 93.9 cm³/mol. The van der Waals surface area contributed by atoms with Crippen molar-refractivity contribution in [1.82, 2.24) is 20.1 Å². The first-order valence-corrected chi connectivity index (χ1v) is 8.62. The molecule has 2 aromatic rings. The number of hydrogen-bond donors (Lipinski definition) is 3. The van der Waals surface area contributed by atoms with Gasteiger partial charge in [0.2, 0.25) is 5.91 Å². The van der Waals surface area contributed by atoms with Crippen molar-refractivity contribution in [2.75, 3.05) is 6.54 Å². The van der Waals surface area contributed by atoms with E-state index in [1.807, 2.05) is 31.2 Å². The summed E-state index contributed by atoms with van der Waals surface area (Å²) in [6.45, 7) is 2.64. The Kier molecular flexibility index (Phi) is 5.11. The average Bonchev–Trinajstić information content (AvgIpc) is 3.13. The SMILES string of the molecule is Cc1ccc(-c2n[nH]c(=S)n2CC(=O)NC[C@@H]2CCC[C@H]2O)cc1. The lowest BCUT2D eigenvalue weighted by molar-refractivity contribution is -0.121. The van der Waals surface area contributed by atoms with Gasteiger partial charge in [-0.25, -0.2) is 0 Å². The molecule has 3 N–H and O–H groups in total. The predicted octanol–water partition coefficient (Wildman–Crippen LogP) is 2.19. The van der Waals surface area contributed by atoms with Crippen molar-refractivity contribution in [1.29, 1.82) is 0 Å². The van der Waals surface area contributed by atoms with Crippen molar-refractivity contribution in [3.8, 4) is 11.4 Å². The number of carbonyl (C=O) groups excluding carboxylic acids is 1. The second kappa shape index (κ2) is 7.27. The van der Waals surface area contributed by atoms with E-state index in [1.165, 1.54) is 0 Å². The molecular formula is C17H22N4O2S. The highest BCUT2D eigenvalue weighted by Crippen LogP contribution is 2.24. The summed E-state index contributed by atoms with van der Waals surface area (Å²) >= 11 is 5.25. The molecule has 0 aliphatic heterocycles. The minimum absolute atomic E-state index is 0.112. The van der Waals surface area contributed by atoms with Gasteiger partial charge in [0.25, 0.3) is 0 Å². The molecule has 1 amide bonds. The fourth-order valence-electron chi connectivity index (χ4n) is 3.09. The van der Waals surface area contributed by atoms with Gasteiger partial charge >= 0.3 is 0 Å². The monoisotopic (exact) mass is 346 g/mol. The number of aryl methyl sites for hydroxylation is 1. The molecule has 1 fully saturated rings. The second-order valence-corrected chi connectivity index (χ2v) is 6.75. The number of nitrogens with zero attached hydrogens (tertiary/aromatic N) is 2. The fourth-order valence-corrected chi connectivity index (χ4v) is 3.28. The number of nitrogens with one attached hydrogen (secondary N) is 2. The van der Waals surface area contributed by atoms with E-state index >= 15 is 0 Å². The minimum Gasteiger partial charge on any atom is -0.393 e. The van der Waals surface area contributed by atoms with Crippen LogP contribution in [0.2, 0.25) is 0 Å². The van der Waals surface area contributed by atoms with Crippen LogP contribution in [0.3, 0.4) is 0 Å². The lowest BCUT2D eigenvalue weighted by Crippen LogP contribution is -2.34. The summed E-state index contributed by atoms with van der Waals surface area (Å²) in [5, 5.41) is 19.7. The van der Waals surface area contributed by atoms with Gasteiger partial charge in [0.05, 0.1) is 6.10 Å². The molecule has 7 heteroatoms. The van der Waals surface area contributed by atoms with Crippen LogP contribution in [0.4, 0.5) is 0 Å². The number of H-pyrrole nitrogens is 1. The van der Waals surface area contributed by atoms with Crippen molar-refractivity contribution in [3.05, 3.63) is 34.6 Å². The smallest absolute Gasteiger partial charge is 0.240 e. The topological polar surface area (TPSA) is 82.9 Å². The molecule has 1 aromatic heterocycles. The lowest BCUT2D eigenvalue weighted by Gasteiger charge is -2.15. The van der Waals surface area contributed by atoms with Crippen LogP contribution in [-0.4, -0.2) is 38.4 Å². The molecule has 0 saturated heterocycles. The summed E-state index contributed by atoms with van der Waals surface area (Å²) < 4.78 is 2.11. The molecule has 1 aliphatic carbocycles. The van der Waals surface area contributed by atoms with Crippen LogP contribution in [0.25, 0.3) is 11.4 Å². The summed E-state index contributed by atoms with van der Waals surface area (Å²) in [5.41, 5.74) is 2.07. The Morgan fingerprint density at radius 1 is 1.42 bits per heavy atom. The molecule has 1 aliphatic rings. The third kappa shape index (κ3) is 3.73. The average molecular weight is 346 g/mol. The Balaban J connectivity index is 1.68. The van der Waals surface area contributed by atoms with E-state index in [9.17, 15) is 9.90 Å². The van der Waals surface area contributed by atoms with Gasteiger partial charge in [-0.05, 0) is 32.0 Å². The maximum absolute atomic E-state index is 12.3. The van der Waals surface area contributed by atoms with Crippen LogP contribution in [0.1, 0.15) is 24.8 Å². The first-order valence-electron chi connectivity index (χ1n) is 8.21. The molecular weight excluding hydrogens is 324 g/mol. The molecule has 0 spiro atoms. The zero-order valence-corrected chi connectivity index (χ0v) is 14.5. The van der Waals surface area contributed by atoms with Crippen LogP contribution in [0.5, 0.6) is 0 Å². The summed E-state index contributed by atoms with van der Waals surface area (Å²) in [6.07, 6.45) is 2.50. The Morgan fingerprint density at radius 2 is 2.17 bits per heavy atom. The van der Waals surface area contributed by atoms with Gasteiger partial charge in [0, 0.05) is 18.0 Å². The lowest BCUT2D eigenvalue weighted by atomic mass is 10.1. The van der Waals surface area contributed by atoms with Crippen LogP contribution in [0.15, 0.2) is 24.3 Å². The van der Waals surface area contributed by atoms with Gasteiger partial charge in [0.15, 0.2) is 10.6 Å².